The fourth-order valence-corrected chi connectivity index (χ4v) is 4.15. The van der Waals surface area contributed by atoms with E-state index in [-0.39, 0.29) is 11.6 Å². The Morgan fingerprint density at radius 1 is 0.870 bits per heavy atom. The number of halogens is 2. The highest BCUT2D eigenvalue weighted by Crippen LogP contribution is 2.28. The van der Waals surface area contributed by atoms with E-state index in [9.17, 15) is 8.78 Å². The van der Waals surface area contributed by atoms with Crippen LogP contribution < -0.4 is 5.30 Å². The lowest BCUT2D eigenvalue weighted by Crippen LogP contribution is -2.04. The monoisotopic (exact) mass is 366 g/mol. The minimum absolute atomic E-state index is 0.322. The second-order valence-corrected chi connectivity index (χ2v) is 6.81. The maximum atomic E-state index is 14.1. The van der Waals surface area contributed by atoms with E-state index in [0.717, 1.165) is 23.5 Å². The Balaban J connectivity index is 1.92. The quantitative estimate of drug-likeness (QED) is 0.511. The van der Waals surface area contributed by atoms with E-state index >= 15 is 0 Å². The molecule has 0 saturated carbocycles. The zero-order chi connectivity index (χ0) is 16.1. The van der Waals surface area contributed by atoms with Crippen molar-refractivity contribution in [3.8, 4) is 0 Å². The number of aryl methyl sites for hydroxylation is 1. The molecule has 0 spiro atoms. The normalized spacial score (nSPS) is 11.7. The first kappa shape index (κ1) is 14.9. The Morgan fingerprint density at radius 3 is 2.09 bits per heavy atom. The highest BCUT2D eigenvalue weighted by atomic mass is 32.1. The Labute approximate surface area is 140 Å². The van der Waals surface area contributed by atoms with Crippen molar-refractivity contribution in [2.24, 2.45) is 0 Å². The number of hydrogen-bond acceptors (Lipinski definition) is 6. The van der Waals surface area contributed by atoms with E-state index in [1.54, 1.807) is 6.92 Å². The molecule has 0 saturated heterocycles. The van der Waals surface area contributed by atoms with Gasteiger partial charge in [-0.2, -0.15) is 17.5 Å². The van der Waals surface area contributed by atoms with Crippen molar-refractivity contribution in [2.75, 3.05) is 0 Å². The molecule has 4 rings (SSSR count). The SMILES string of the molecule is Cc1c(F)cc(Cc2cc(F)c(P)c3nsnc23)c2nsnc12. The maximum absolute atomic E-state index is 14.1. The lowest BCUT2D eigenvalue weighted by atomic mass is 10.00. The van der Waals surface area contributed by atoms with Crippen LogP contribution in [0.5, 0.6) is 0 Å². The molecule has 0 bridgehead atoms. The minimum atomic E-state index is -0.370. The first-order valence-electron chi connectivity index (χ1n) is 6.65. The average molecular weight is 366 g/mol. The predicted octanol–water partition coefficient (Wildman–Crippen LogP) is 3.37. The number of benzene rings is 2. The molecule has 2 aromatic heterocycles. The lowest BCUT2D eigenvalue weighted by molar-refractivity contribution is 0.619. The second kappa shape index (κ2) is 5.47. The summed E-state index contributed by atoms with van der Waals surface area (Å²) in [5.74, 6) is -0.707. The van der Waals surface area contributed by atoms with Crippen molar-refractivity contribution in [1.29, 1.82) is 0 Å². The molecule has 0 aliphatic rings. The highest BCUT2D eigenvalue weighted by molar-refractivity contribution is 7.28. The first-order chi connectivity index (χ1) is 11.1. The molecule has 0 aliphatic carbocycles. The van der Waals surface area contributed by atoms with E-state index in [2.05, 4.69) is 26.7 Å². The highest BCUT2D eigenvalue weighted by Gasteiger charge is 2.17. The minimum Gasteiger partial charge on any atom is -0.207 e. The van der Waals surface area contributed by atoms with Gasteiger partial charge >= 0.3 is 0 Å². The third-order valence-corrected chi connectivity index (χ3v) is 5.40. The van der Waals surface area contributed by atoms with Crippen molar-refractivity contribution in [3.63, 3.8) is 0 Å². The van der Waals surface area contributed by atoms with Crippen LogP contribution in [0.1, 0.15) is 16.7 Å². The summed E-state index contributed by atoms with van der Waals surface area (Å²) < 4.78 is 45.0. The average Bonchev–Trinajstić information content (AvgIpc) is 3.18. The third kappa shape index (κ3) is 2.33. The lowest BCUT2D eigenvalue weighted by Gasteiger charge is -2.07. The fraction of sp³-hybridized carbons (Fsp3) is 0.143. The van der Waals surface area contributed by atoms with Crippen LogP contribution in [-0.4, -0.2) is 17.5 Å². The fourth-order valence-electron chi connectivity index (χ4n) is 2.55. The molecule has 0 radical (unpaired) electrons. The van der Waals surface area contributed by atoms with Gasteiger partial charge in [0.05, 0.1) is 23.5 Å². The second-order valence-electron chi connectivity index (χ2n) is 5.17. The molecule has 9 heteroatoms. The molecule has 0 fully saturated rings. The van der Waals surface area contributed by atoms with Crippen LogP contribution in [0.2, 0.25) is 0 Å². The zero-order valence-corrected chi connectivity index (χ0v) is 14.6. The van der Waals surface area contributed by atoms with Crippen LogP contribution in [0, 0.1) is 18.6 Å². The van der Waals surface area contributed by atoms with Crippen molar-refractivity contribution in [2.45, 2.75) is 13.3 Å². The first-order valence-corrected chi connectivity index (χ1v) is 8.69. The number of fused-ring (bicyclic) bond motifs is 2. The largest absolute Gasteiger partial charge is 0.207 e. The van der Waals surface area contributed by atoms with Crippen LogP contribution in [0.4, 0.5) is 8.78 Å². The molecular formula is C14H9F2N4PS2. The topological polar surface area (TPSA) is 51.6 Å². The maximum Gasteiger partial charge on any atom is 0.132 e. The number of rotatable bonds is 2. The summed E-state index contributed by atoms with van der Waals surface area (Å²) in [5.41, 5.74) is 4.18. The van der Waals surface area contributed by atoms with Crippen molar-refractivity contribution in [3.05, 3.63) is 40.5 Å². The predicted molar refractivity (Wildman–Crippen MR) is 91.6 cm³/mol. The molecule has 2 heterocycles. The van der Waals surface area contributed by atoms with Gasteiger partial charge in [0, 0.05) is 17.3 Å². The summed E-state index contributed by atoms with van der Waals surface area (Å²) in [6.07, 6.45) is 0.322. The molecule has 116 valence electrons. The van der Waals surface area contributed by atoms with Crippen LogP contribution in [-0.2, 0) is 6.42 Å². The molecular weight excluding hydrogens is 357 g/mol. The molecule has 4 aromatic rings. The van der Waals surface area contributed by atoms with Crippen LogP contribution in [0.15, 0.2) is 12.1 Å². The van der Waals surface area contributed by atoms with E-state index < -0.39 is 0 Å². The Bertz CT molecular complexity index is 976. The zero-order valence-electron chi connectivity index (χ0n) is 11.8. The van der Waals surface area contributed by atoms with Gasteiger partial charge in [-0.3, -0.25) is 0 Å². The van der Waals surface area contributed by atoms with E-state index in [0.29, 0.717) is 50.5 Å². The van der Waals surface area contributed by atoms with Crippen LogP contribution >= 0.6 is 32.7 Å². The van der Waals surface area contributed by atoms with E-state index in [1.165, 1.54) is 12.1 Å². The van der Waals surface area contributed by atoms with Crippen molar-refractivity contribution >= 4 is 60.1 Å². The number of hydrogen-bond donors (Lipinski definition) is 0. The van der Waals surface area contributed by atoms with Gasteiger partial charge < -0.3 is 0 Å². The molecule has 23 heavy (non-hydrogen) atoms. The summed E-state index contributed by atoms with van der Waals surface area (Å²) >= 11 is 2.07. The van der Waals surface area contributed by atoms with Gasteiger partial charge in [-0.25, -0.2) is 8.78 Å². The number of aromatic nitrogens is 4. The Hall–Kier alpha value is -1.63. The Morgan fingerprint density at radius 2 is 1.39 bits per heavy atom. The number of nitrogens with zero attached hydrogens (tertiary/aromatic N) is 4. The Kier molecular flexibility index (Phi) is 3.55. The van der Waals surface area contributed by atoms with Gasteiger partial charge in [0.15, 0.2) is 0 Å². The van der Waals surface area contributed by atoms with Gasteiger partial charge in [-0.05, 0) is 30.2 Å². The summed E-state index contributed by atoms with van der Waals surface area (Å²) in [6.45, 7) is 1.67. The summed E-state index contributed by atoms with van der Waals surface area (Å²) in [7, 11) is 2.35. The van der Waals surface area contributed by atoms with Crippen molar-refractivity contribution in [1.82, 2.24) is 17.5 Å². The molecule has 0 N–H and O–H groups in total. The smallest absolute Gasteiger partial charge is 0.132 e. The van der Waals surface area contributed by atoms with Gasteiger partial charge in [-0.15, -0.1) is 0 Å². The standard InChI is InChI=1S/C14H9F2N4PS2/c1-5-8(15)3-6(11-10(5)17-22-18-11)2-7-4-9(16)14(21)13-12(7)19-23-20-13/h3-4H,2,21H2,1H3. The van der Waals surface area contributed by atoms with Crippen LogP contribution in [0.3, 0.4) is 0 Å². The summed E-state index contributed by atoms with van der Waals surface area (Å²) in [5, 5.41) is 0.396. The molecule has 1 unspecified atom stereocenters. The molecule has 4 nitrogen and oxygen atoms in total. The van der Waals surface area contributed by atoms with Gasteiger partial charge in [0.25, 0.3) is 0 Å². The van der Waals surface area contributed by atoms with E-state index in [1.807, 2.05) is 0 Å². The van der Waals surface area contributed by atoms with Crippen molar-refractivity contribution < 1.29 is 8.78 Å². The van der Waals surface area contributed by atoms with Crippen LogP contribution in [0.25, 0.3) is 22.1 Å². The summed E-state index contributed by atoms with van der Waals surface area (Å²) in [4.78, 5) is 0. The summed E-state index contributed by atoms with van der Waals surface area (Å²) in [6, 6.07) is 2.87. The van der Waals surface area contributed by atoms with E-state index in [4.69, 9.17) is 0 Å². The van der Waals surface area contributed by atoms with Gasteiger partial charge in [0.2, 0.25) is 0 Å². The van der Waals surface area contributed by atoms with Gasteiger partial charge in [-0.1, -0.05) is 9.24 Å². The third-order valence-electron chi connectivity index (χ3n) is 3.79. The molecule has 2 aromatic carbocycles. The van der Waals surface area contributed by atoms with Gasteiger partial charge in [0.1, 0.15) is 33.7 Å². The molecule has 0 aliphatic heterocycles. The molecule has 1 atom stereocenters. The molecule has 0 amide bonds.